The fourth-order valence-corrected chi connectivity index (χ4v) is 1.91. The van der Waals surface area contributed by atoms with Gasteiger partial charge >= 0.3 is 0 Å². The van der Waals surface area contributed by atoms with Gasteiger partial charge < -0.3 is 15.2 Å². The van der Waals surface area contributed by atoms with E-state index < -0.39 is 0 Å². The van der Waals surface area contributed by atoms with Crippen LogP contribution in [0.1, 0.15) is 12.8 Å². The lowest BCUT2D eigenvalue weighted by atomic mass is 10.4. The standard InChI is InChI=1S/C12H18ClN3O3/c13-10-7-15-16(8-9-1-2-9)12(18)11(10)14-3-5-19-6-4-17/h7,9,14,17H,1-6,8H2. The van der Waals surface area contributed by atoms with Crippen LogP contribution in [0.25, 0.3) is 0 Å². The van der Waals surface area contributed by atoms with Gasteiger partial charge in [0.15, 0.2) is 0 Å². The maximum atomic E-state index is 12.1. The quantitative estimate of drug-likeness (QED) is 0.689. The van der Waals surface area contributed by atoms with Gasteiger partial charge in [-0.1, -0.05) is 11.6 Å². The molecule has 7 heteroatoms. The molecule has 0 spiro atoms. The van der Waals surface area contributed by atoms with Crippen molar-refractivity contribution in [3.8, 4) is 0 Å². The smallest absolute Gasteiger partial charge is 0.291 e. The summed E-state index contributed by atoms with van der Waals surface area (Å²) in [5, 5.41) is 15.9. The monoisotopic (exact) mass is 287 g/mol. The number of aliphatic hydroxyl groups is 1. The highest BCUT2D eigenvalue weighted by Gasteiger charge is 2.23. The summed E-state index contributed by atoms with van der Waals surface area (Å²) in [6, 6.07) is 0. The molecule has 106 valence electrons. The molecule has 1 aliphatic carbocycles. The fraction of sp³-hybridized carbons (Fsp3) is 0.667. The predicted molar refractivity (Wildman–Crippen MR) is 72.6 cm³/mol. The lowest BCUT2D eigenvalue weighted by Gasteiger charge is -2.10. The first kappa shape index (κ1) is 14.3. The van der Waals surface area contributed by atoms with Gasteiger partial charge in [0, 0.05) is 13.1 Å². The molecular formula is C12H18ClN3O3. The number of halogens is 1. The Morgan fingerprint density at radius 1 is 1.53 bits per heavy atom. The van der Waals surface area contributed by atoms with E-state index in [1.165, 1.54) is 10.9 Å². The van der Waals surface area contributed by atoms with Crippen LogP contribution >= 0.6 is 11.6 Å². The van der Waals surface area contributed by atoms with E-state index >= 15 is 0 Å². The molecule has 0 atom stereocenters. The summed E-state index contributed by atoms with van der Waals surface area (Å²) >= 11 is 5.97. The molecule has 0 radical (unpaired) electrons. The number of rotatable bonds is 8. The Labute approximate surface area is 116 Å². The lowest BCUT2D eigenvalue weighted by Crippen LogP contribution is -2.27. The van der Waals surface area contributed by atoms with E-state index in [4.69, 9.17) is 21.4 Å². The van der Waals surface area contributed by atoms with E-state index in [1.54, 1.807) is 0 Å². The first-order valence-electron chi connectivity index (χ1n) is 6.40. The van der Waals surface area contributed by atoms with Crippen LogP contribution in [-0.4, -0.2) is 41.3 Å². The van der Waals surface area contributed by atoms with E-state index in [-0.39, 0.29) is 18.8 Å². The van der Waals surface area contributed by atoms with Crippen molar-refractivity contribution in [3.63, 3.8) is 0 Å². The van der Waals surface area contributed by atoms with Crippen molar-refractivity contribution in [2.24, 2.45) is 5.92 Å². The number of nitrogens with zero attached hydrogens (tertiary/aromatic N) is 2. The fourth-order valence-electron chi connectivity index (χ4n) is 1.72. The maximum absolute atomic E-state index is 12.1. The highest BCUT2D eigenvalue weighted by Crippen LogP contribution is 2.30. The average Bonchev–Trinajstić information content (AvgIpc) is 3.20. The van der Waals surface area contributed by atoms with Crippen LogP contribution in [0.3, 0.4) is 0 Å². The topological polar surface area (TPSA) is 76.4 Å². The minimum absolute atomic E-state index is 0.00972. The molecule has 1 aromatic heterocycles. The van der Waals surface area contributed by atoms with Gasteiger partial charge in [-0.25, -0.2) is 4.68 Å². The van der Waals surface area contributed by atoms with Gasteiger partial charge in [0.2, 0.25) is 0 Å². The van der Waals surface area contributed by atoms with E-state index in [0.717, 1.165) is 12.8 Å². The second-order valence-electron chi connectivity index (χ2n) is 4.56. The molecule has 0 saturated heterocycles. The van der Waals surface area contributed by atoms with Crippen LogP contribution in [0, 0.1) is 5.92 Å². The van der Waals surface area contributed by atoms with Crippen molar-refractivity contribution in [1.82, 2.24) is 9.78 Å². The van der Waals surface area contributed by atoms with Gasteiger partial charge in [-0.3, -0.25) is 4.79 Å². The first-order valence-corrected chi connectivity index (χ1v) is 6.78. The third-order valence-corrected chi connectivity index (χ3v) is 3.20. The van der Waals surface area contributed by atoms with Crippen molar-refractivity contribution in [2.45, 2.75) is 19.4 Å². The Bertz CT molecular complexity index is 474. The summed E-state index contributed by atoms with van der Waals surface area (Å²) in [6.45, 7) is 1.80. The van der Waals surface area contributed by atoms with Crippen LogP contribution in [0.5, 0.6) is 0 Å². The molecule has 1 aliphatic rings. The summed E-state index contributed by atoms with van der Waals surface area (Å²) < 4.78 is 6.57. The molecule has 0 unspecified atom stereocenters. The molecule has 0 aromatic carbocycles. The molecule has 1 fully saturated rings. The molecule has 0 bridgehead atoms. The van der Waals surface area contributed by atoms with Gasteiger partial charge in [-0.2, -0.15) is 5.10 Å². The highest BCUT2D eigenvalue weighted by atomic mass is 35.5. The second kappa shape index (κ2) is 6.88. The minimum Gasteiger partial charge on any atom is -0.394 e. The second-order valence-corrected chi connectivity index (χ2v) is 4.97. The van der Waals surface area contributed by atoms with Gasteiger partial charge in [-0.05, 0) is 18.8 Å². The van der Waals surface area contributed by atoms with Crippen molar-refractivity contribution >= 4 is 17.3 Å². The Morgan fingerprint density at radius 3 is 3.00 bits per heavy atom. The number of hydrogen-bond donors (Lipinski definition) is 2. The molecule has 6 nitrogen and oxygen atoms in total. The van der Waals surface area contributed by atoms with E-state index in [9.17, 15) is 4.79 Å². The number of aliphatic hydroxyl groups excluding tert-OH is 1. The summed E-state index contributed by atoms with van der Waals surface area (Å²) in [5.74, 6) is 0.576. The normalized spacial score (nSPS) is 14.6. The molecule has 1 aromatic rings. The van der Waals surface area contributed by atoms with Crippen molar-refractivity contribution in [2.75, 3.05) is 31.7 Å². The summed E-state index contributed by atoms with van der Waals surface area (Å²) in [7, 11) is 0. The molecular weight excluding hydrogens is 270 g/mol. The summed E-state index contributed by atoms with van der Waals surface area (Å²) in [4.78, 5) is 12.1. The van der Waals surface area contributed by atoms with Crippen LogP contribution in [0.4, 0.5) is 5.69 Å². The van der Waals surface area contributed by atoms with Crippen LogP contribution in [0.15, 0.2) is 11.0 Å². The molecule has 1 saturated carbocycles. The Hall–Kier alpha value is -1.11. The number of nitrogens with one attached hydrogen (secondary N) is 1. The molecule has 1 heterocycles. The summed E-state index contributed by atoms with van der Waals surface area (Å²) in [6.07, 6.45) is 3.81. The number of anilines is 1. The van der Waals surface area contributed by atoms with Crippen molar-refractivity contribution in [1.29, 1.82) is 0 Å². The van der Waals surface area contributed by atoms with Crippen LogP contribution in [0.2, 0.25) is 5.02 Å². The molecule has 0 aliphatic heterocycles. The predicted octanol–water partition coefficient (Wildman–Crippen LogP) is 0.727. The van der Waals surface area contributed by atoms with Crippen LogP contribution < -0.4 is 10.9 Å². The number of ether oxygens (including phenoxy) is 1. The van der Waals surface area contributed by atoms with Crippen LogP contribution in [-0.2, 0) is 11.3 Å². The lowest BCUT2D eigenvalue weighted by molar-refractivity contribution is 0.0992. The molecule has 19 heavy (non-hydrogen) atoms. The maximum Gasteiger partial charge on any atom is 0.291 e. The Morgan fingerprint density at radius 2 is 2.32 bits per heavy atom. The third kappa shape index (κ3) is 4.19. The zero-order valence-corrected chi connectivity index (χ0v) is 11.4. The largest absolute Gasteiger partial charge is 0.394 e. The SMILES string of the molecule is O=c1c(NCCOCCO)c(Cl)cnn1CC1CC1. The Balaban J connectivity index is 1.95. The van der Waals surface area contributed by atoms with Crippen molar-refractivity contribution in [3.05, 3.63) is 21.6 Å². The van der Waals surface area contributed by atoms with Gasteiger partial charge in [0.25, 0.3) is 5.56 Å². The van der Waals surface area contributed by atoms with E-state index in [0.29, 0.717) is 36.3 Å². The molecule has 0 amide bonds. The third-order valence-electron chi connectivity index (χ3n) is 2.91. The van der Waals surface area contributed by atoms with Gasteiger partial charge in [0.05, 0.1) is 31.0 Å². The van der Waals surface area contributed by atoms with E-state index in [2.05, 4.69) is 10.4 Å². The van der Waals surface area contributed by atoms with Gasteiger partial charge in [0.1, 0.15) is 5.69 Å². The average molecular weight is 288 g/mol. The van der Waals surface area contributed by atoms with Gasteiger partial charge in [-0.15, -0.1) is 0 Å². The molecule has 2 rings (SSSR count). The molecule has 2 N–H and O–H groups in total. The first-order chi connectivity index (χ1) is 9.22. The zero-order chi connectivity index (χ0) is 13.7. The number of aromatic nitrogens is 2. The Kier molecular flexibility index (Phi) is 5.18. The zero-order valence-electron chi connectivity index (χ0n) is 10.6. The minimum atomic E-state index is -0.193. The van der Waals surface area contributed by atoms with E-state index in [1.807, 2.05) is 0 Å². The number of hydrogen-bond acceptors (Lipinski definition) is 5. The van der Waals surface area contributed by atoms with Crippen molar-refractivity contribution < 1.29 is 9.84 Å². The highest BCUT2D eigenvalue weighted by molar-refractivity contribution is 6.32. The summed E-state index contributed by atoms with van der Waals surface area (Å²) in [5.41, 5.74) is 0.173.